The zero-order chi connectivity index (χ0) is 12.6. The molecule has 2 bridgehead atoms. The van der Waals surface area contributed by atoms with Crippen molar-refractivity contribution in [2.75, 3.05) is 0 Å². The number of hydrogen-bond acceptors (Lipinski definition) is 4. The van der Waals surface area contributed by atoms with E-state index in [1.54, 1.807) is 6.92 Å². The number of hydrogen-bond donors (Lipinski definition) is 0. The summed E-state index contributed by atoms with van der Waals surface area (Å²) in [6.07, 6.45) is 3.77. The highest BCUT2D eigenvalue weighted by molar-refractivity contribution is 5.96. The van der Waals surface area contributed by atoms with Crippen LogP contribution in [0.2, 0.25) is 0 Å². The molecule has 2 rings (SSSR count). The minimum Gasteiger partial charge on any atom is -0.436 e. The SMILES string of the molecule is CC(C)OC(C)OC(=O)C1CC2C=CC1C2=O. The van der Waals surface area contributed by atoms with Crippen molar-refractivity contribution in [1.82, 2.24) is 0 Å². The molecule has 0 aromatic carbocycles. The quantitative estimate of drug-likeness (QED) is 0.425. The van der Waals surface area contributed by atoms with E-state index in [4.69, 9.17) is 9.47 Å². The van der Waals surface area contributed by atoms with E-state index in [1.807, 2.05) is 26.0 Å². The van der Waals surface area contributed by atoms with E-state index >= 15 is 0 Å². The Morgan fingerprint density at radius 3 is 2.53 bits per heavy atom. The normalized spacial score (nSPS) is 32.2. The highest BCUT2D eigenvalue weighted by Crippen LogP contribution is 2.41. The second kappa shape index (κ2) is 4.61. The van der Waals surface area contributed by atoms with Crippen molar-refractivity contribution in [2.24, 2.45) is 17.8 Å². The molecule has 0 amide bonds. The van der Waals surface area contributed by atoms with Gasteiger partial charge < -0.3 is 9.47 Å². The largest absolute Gasteiger partial charge is 0.436 e. The molecule has 0 radical (unpaired) electrons. The zero-order valence-corrected chi connectivity index (χ0v) is 10.4. The van der Waals surface area contributed by atoms with Gasteiger partial charge in [-0.3, -0.25) is 9.59 Å². The van der Waals surface area contributed by atoms with E-state index in [2.05, 4.69) is 0 Å². The van der Waals surface area contributed by atoms with E-state index in [-0.39, 0.29) is 35.6 Å². The number of Topliss-reactive ketones (excluding diaryl/α,β-unsaturated/α-hetero) is 1. The van der Waals surface area contributed by atoms with E-state index in [1.165, 1.54) is 0 Å². The van der Waals surface area contributed by atoms with Gasteiger partial charge in [-0.2, -0.15) is 0 Å². The third kappa shape index (κ3) is 2.41. The maximum absolute atomic E-state index is 11.9. The summed E-state index contributed by atoms with van der Waals surface area (Å²) in [5.41, 5.74) is 0. The molecule has 1 saturated carbocycles. The van der Waals surface area contributed by atoms with E-state index in [9.17, 15) is 9.59 Å². The van der Waals surface area contributed by atoms with Crippen LogP contribution in [0.1, 0.15) is 27.2 Å². The molecule has 0 saturated heterocycles. The summed E-state index contributed by atoms with van der Waals surface area (Å²) in [5.74, 6) is -0.805. The summed E-state index contributed by atoms with van der Waals surface area (Å²) < 4.78 is 10.5. The van der Waals surface area contributed by atoms with Gasteiger partial charge in [-0.1, -0.05) is 12.2 Å². The monoisotopic (exact) mass is 238 g/mol. The van der Waals surface area contributed by atoms with Crippen molar-refractivity contribution in [2.45, 2.75) is 39.6 Å². The smallest absolute Gasteiger partial charge is 0.312 e. The van der Waals surface area contributed by atoms with Crippen LogP contribution in [0.5, 0.6) is 0 Å². The van der Waals surface area contributed by atoms with Crippen LogP contribution in [0.3, 0.4) is 0 Å². The highest BCUT2D eigenvalue weighted by Gasteiger charge is 2.47. The third-order valence-corrected chi connectivity index (χ3v) is 3.23. The second-order valence-corrected chi connectivity index (χ2v) is 4.95. The fourth-order valence-corrected chi connectivity index (χ4v) is 2.54. The number of esters is 1. The van der Waals surface area contributed by atoms with Crippen molar-refractivity contribution >= 4 is 11.8 Å². The van der Waals surface area contributed by atoms with Gasteiger partial charge in [-0.15, -0.1) is 0 Å². The first kappa shape index (κ1) is 12.3. The fourth-order valence-electron chi connectivity index (χ4n) is 2.54. The van der Waals surface area contributed by atoms with Crippen molar-refractivity contribution in [1.29, 1.82) is 0 Å². The number of ether oxygens (including phenoxy) is 2. The molecule has 17 heavy (non-hydrogen) atoms. The van der Waals surface area contributed by atoms with Crippen molar-refractivity contribution in [3.8, 4) is 0 Å². The Labute approximate surface area is 101 Å². The second-order valence-electron chi connectivity index (χ2n) is 4.95. The Morgan fingerprint density at radius 2 is 2.06 bits per heavy atom. The van der Waals surface area contributed by atoms with Crippen molar-refractivity contribution < 1.29 is 19.1 Å². The lowest BCUT2D eigenvalue weighted by Crippen LogP contribution is -2.28. The predicted molar refractivity (Wildman–Crippen MR) is 61.0 cm³/mol. The van der Waals surface area contributed by atoms with Crippen LogP contribution in [0.25, 0.3) is 0 Å². The molecular formula is C13H18O4. The molecule has 94 valence electrons. The van der Waals surface area contributed by atoms with Crippen molar-refractivity contribution in [3.05, 3.63) is 12.2 Å². The lowest BCUT2D eigenvalue weighted by Gasteiger charge is -2.20. The maximum Gasteiger partial charge on any atom is 0.312 e. The van der Waals surface area contributed by atoms with E-state index < -0.39 is 6.29 Å². The minimum absolute atomic E-state index is 0.0133. The Morgan fingerprint density at radius 1 is 1.35 bits per heavy atom. The first-order chi connectivity index (χ1) is 7.99. The first-order valence-corrected chi connectivity index (χ1v) is 6.07. The highest BCUT2D eigenvalue weighted by atomic mass is 16.7. The van der Waals surface area contributed by atoms with Crippen LogP contribution >= 0.6 is 0 Å². The molecule has 1 fully saturated rings. The van der Waals surface area contributed by atoms with Crippen LogP contribution in [-0.4, -0.2) is 24.1 Å². The summed E-state index contributed by atoms with van der Waals surface area (Å²) in [6, 6.07) is 0. The molecular weight excluding hydrogens is 220 g/mol. The number of fused-ring (bicyclic) bond motifs is 2. The van der Waals surface area contributed by atoms with Crippen LogP contribution in [0.15, 0.2) is 12.2 Å². The molecule has 0 heterocycles. The van der Waals surface area contributed by atoms with Gasteiger partial charge in [0.05, 0.1) is 12.0 Å². The number of carbonyl (C=O) groups excluding carboxylic acids is 2. The lowest BCUT2D eigenvalue weighted by molar-refractivity contribution is -0.187. The Bertz CT molecular complexity index is 358. The van der Waals surface area contributed by atoms with Crippen LogP contribution in [0, 0.1) is 17.8 Å². The standard InChI is InChI=1S/C13H18O4/c1-7(2)16-8(3)17-13(15)11-6-9-4-5-10(11)12(9)14/h4-5,7-11H,6H2,1-3H3. The van der Waals surface area contributed by atoms with Gasteiger partial charge in [0.2, 0.25) is 0 Å². The van der Waals surface area contributed by atoms with Crippen LogP contribution < -0.4 is 0 Å². The molecule has 0 aromatic rings. The number of carbonyl (C=O) groups is 2. The average molecular weight is 238 g/mol. The van der Waals surface area contributed by atoms with Gasteiger partial charge in [0, 0.05) is 11.8 Å². The summed E-state index contributed by atoms with van der Waals surface area (Å²) in [6.45, 7) is 5.46. The molecule has 0 aromatic heterocycles. The minimum atomic E-state index is -0.555. The molecule has 4 unspecified atom stereocenters. The van der Waals surface area contributed by atoms with Gasteiger partial charge in [0.15, 0.2) is 6.29 Å². The van der Waals surface area contributed by atoms with Crippen molar-refractivity contribution in [3.63, 3.8) is 0 Å². The lowest BCUT2D eigenvalue weighted by atomic mass is 9.94. The molecule has 2 aliphatic carbocycles. The fraction of sp³-hybridized carbons (Fsp3) is 0.692. The summed E-state index contributed by atoms with van der Waals surface area (Å²) in [5, 5.41) is 0. The summed E-state index contributed by atoms with van der Waals surface area (Å²) in [4.78, 5) is 23.5. The van der Waals surface area contributed by atoms with Gasteiger partial charge in [-0.25, -0.2) is 0 Å². The van der Waals surface area contributed by atoms with Gasteiger partial charge >= 0.3 is 5.97 Å². The van der Waals surface area contributed by atoms with Gasteiger partial charge in [-0.05, 0) is 27.2 Å². The maximum atomic E-state index is 11.9. The molecule has 2 aliphatic rings. The predicted octanol–water partition coefficient (Wildman–Crippen LogP) is 1.69. The van der Waals surface area contributed by atoms with E-state index in [0.717, 1.165) is 0 Å². The van der Waals surface area contributed by atoms with Crippen LogP contribution in [0.4, 0.5) is 0 Å². The third-order valence-electron chi connectivity index (χ3n) is 3.23. The molecule has 4 heteroatoms. The Kier molecular flexibility index (Phi) is 3.33. The molecule has 0 spiro atoms. The number of ketones is 1. The number of rotatable bonds is 4. The first-order valence-electron chi connectivity index (χ1n) is 6.07. The van der Waals surface area contributed by atoms with Gasteiger partial charge in [0.1, 0.15) is 5.78 Å². The molecule has 0 aliphatic heterocycles. The van der Waals surface area contributed by atoms with Crippen LogP contribution in [-0.2, 0) is 19.1 Å². The molecule has 0 N–H and O–H groups in total. The molecule has 4 nitrogen and oxygen atoms in total. The van der Waals surface area contributed by atoms with Gasteiger partial charge in [0.25, 0.3) is 0 Å². The number of allylic oxidation sites excluding steroid dienone is 2. The summed E-state index contributed by atoms with van der Waals surface area (Å²) >= 11 is 0. The summed E-state index contributed by atoms with van der Waals surface area (Å²) in [7, 11) is 0. The zero-order valence-electron chi connectivity index (χ0n) is 10.4. The molecule has 4 atom stereocenters. The Hall–Kier alpha value is -1.16. The van der Waals surface area contributed by atoms with E-state index in [0.29, 0.717) is 6.42 Å². The Balaban J connectivity index is 1.90. The topological polar surface area (TPSA) is 52.6 Å². The average Bonchev–Trinajstić information content (AvgIpc) is 2.73.